The highest BCUT2D eigenvalue weighted by molar-refractivity contribution is 5.99. The maximum atomic E-state index is 11.5. The third kappa shape index (κ3) is 4.72. The van der Waals surface area contributed by atoms with Crippen molar-refractivity contribution >= 4 is 28.9 Å². The van der Waals surface area contributed by atoms with Gasteiger partial charge in [-0.15, -0.1) is 0 Å². The van der Waals surface area contributed by atoms with Crippen molar-refractivity contribution in [2.45, 2.75) is 31.8 Å². The highest BCUT2D eigenvalue weighted by atomic mass is 16.5. The molecule has 1 amide bonds. The van der Waals surface area contributed by atoms with Gasteiger partial charge in [0.2, 0.25) is 5.88 Å². The molecular weight excluding hydrogens is 374 g/mol. The Labute approximate surface area is 168 Å². The number of carbonyl (C=O) groups excluding carboxylic acids is 1. The predicted molar refractivity (Wildman–Crippen MR) is 110 cm³/mol. The summed E-state index contributed by atoms with van der Waals surface area (Å²) in [5, 5.41) is 19.0. The lowest BCUT2D eigenvalue weighted by atomic mass is 10.3. The van der Waals surface area contributed by atoms with Crippen molar-refractivity contribution in [1.29, 1.82) is 0 Å². The number of carbonyl (C=O) groups is 1. The summed E-state index contributed by atoms with van der Waals surface area (Å²) in [6.07, 6.45) is 7.62. The van der Waals surface area contributed by atoms with Crippen molar-refractivity contribution in [3.05, 3.63) is 36.2 Å². The van der Waals surface area contributed by atoms with Crippen LogP contribution in [0.1, 0.15) is 36.0 Å². The van der Waals surface area contributed by atoms with Crippen molar-refractivity contribution in [2.75, 3.05) is 24.8 Å². The molecule has 0 aromatic carbocycles. The summed E-state index contributed by atoms with van der Waals surface area (Å²) in [4.78, 5) is 20.0. The molecule has 1 aliphatic carbocycles. The number of nitrogens with zero attached hydrogens (tertiary/aromatic N) is 4. The fraction of sp³-hybridized carbons (Fsp3) is 0.368. The maximum absolute atomic E-state index is 11.5. The van der Waals surface area contributed by atoms with Gasteiger partial charge >= 0.3 is 0 Å². The molecule has 3 aromatic heterocycles. The zero-order valence-electron chi connectivity index (χ0n) is 16.4. The van der Waals surface area contributed by atoms with E-state index in [-0.39, 0.29) is 11.7 Å². The second kappa shape index (κ2) is 9.20. The van der Waals surface area contributed by atoms with Crippen LogP contribution in [-0.4, -0.2) is 50.9 Å². The molecule has 0 aliphatic heterocycles. The lowest BCUT2D eigenvalue weighted by Gasteiger charge is -2.11. The second-order valence-corrected chi connectivity index (χ2v) is 6.56. The van der Waals surface area contributed by atoms with Crippen LogP contribution in [0, 0.1) is 0 Å². The van der Waals surface area contributed by atoms with Crippen molar-refractivity contribution in [3.63, 3.8) is 0 Å². The minimum absolute atomic E-state index is 0.0463. The van der Waals surface area contributed by atoms with Crippen LogP contribution in [0.5, 0.6) is 5.88 Å². The van der Waals surface area contributed by atoms with Crippen molar-refractivity contribution in [3.8, 4) is 5.88 Å². The third-order valence-corrected chi connectivity index (χ3v) is 4.55. The molecule has 0 bridgehead atoms. The fourth-order valence-corrected chi connectivity index (χ4v) is 3.07. The van der Waals surface area contributed by atoms with Crippen molar-refractivity contribution in [1.82, 2.24) is 19.6 Å². The highest BCUT2D eigenvalue weighted by Gasteiger charge is 2.15. The number of aliphatic hydroxyl groups excluding tert-OH is 1. The average Bonchev–Trinajstić information content (AvgIpc) is 3.37. The van der Waals surface area contributed by atoms with E-state index in [0.717, 1.165) is 12.8 Å². The Bertz CT molecular complexity index is 983. The Hall–Kier alpha value is -3.40. The second-order valence-electron chi connectivity index (χ2n) is 6.56. The van der Waals surface area contributed by atoms with Gasteiger partial charge in [0, 0.05) is 19.3 Å². The van der Waals surface area contributed by atoms with Gasteiger partial charge in [-0.1, -0.05) is 12.8 Å². The molecule has 154 valence electrons. The minimum Gasteiger partial charge on any atom is -0.480 e. The summed E-state index contributed by atoms with van der Waals surface area (Å²) in [7, 11) is 3.28. The molecule has 0 radical (unpaired) electrons. The number of aromatic nitrogens is 4. The first kappa shape index (κ1) is 20.3. The van der Waals surface area contributed by atoms with Gasteiger partial charge in [0.1, 0.15) is 22.9 Å². The molecule has 3 aromatic rings. The van der Waals surface area contributed by atoms with Crippen LogP contribution in [0.25, 0.3) is 5.65 Å². The van der Waals surface area contributed by atoms with Crippen LogP contribution >= 0.6 is 0 Å². The van der Waals surface area contributed by atoms with Gasteiger partial charge in [0.25, 0.3) is 5.91 Å². The van der Waals surface area contributed by atoms with Crippen molar-refractivity contribution < 1.29 is 14.6 Å². The molecule has 1 fully saturated rings. The first-order valence-electron chi connectivity index (χ1n) is 9.34. The molecule has 0 atom stereocenters. The van der Waals surface area contributed by atoms with E-state index in [2.05, 4.69) is 25.7 Å². The number of ether oxygens (including phenoxy) is 1. The fourth-order valence-electron chi connectivity index (χ4n) is 3.07. The first-order chi connectivity index (χ1) is 14.0. The van der Waals surface area contributed by atoms with E-state index in [9.17, 15) is 4.79 Å². The van der Waals surface area contributed by atoms with E-state index in [1.165, 1.54) is 30.7 Å². The predicted octanol–water partition coefficient (Wildman–Crippen LogP) is 1.94. The smallest absolute Gasteiger partial charge is 0.254 e. The number of nitrogens with one attached hydrogen (secondary N) is 2. The number of methoxy groups -OCH3 is 1. The van der Waals surface area contributed by atoms with Gasteiger partial charge in [0.15, 0.2) is 5.65 Å². The number of rotatable bonds is 5. The lowest BCUT2D eigenvalue weighted by Crippen LogP contribution is -2.12. The molecular formula is C19H25N7O3. The Morgan fingerprint density at radius 3 is 2.72 bits per heavy atom. The quantitative estimate of drug-likeness (QED) is 0.510. The molecule has 5 N–H and O–H groups in total. The molecule has 4 rings (SSSR count). The zero-order valence-corrected chi connectivity index (χ0v) is 16.4. The van der Waals surface area contributed by atoms with Gasteiger partial charge < -0.3 is 26.2 Å². The molecule has 10 nitrogen and oxygen atoms in total. The highest BCUT2D eigenvalue weighted by Crippen LogP contribution is 2.26. The molecule has 1 aliphatic rings. The number of hydrogen-bond donors (Lipinski definition) is 4. The van der Waals surface area contributed by atoms with Gasteiger partial charge in [0.05, 0.1) is 19.4 Å². The maximum Gasteiger partial charge on any atom is 0.254 e. The van der Waals surface area contributed by atoms with E-state index < -0.39 is 5.91 Å². The van der Waals surface area contributed by atoms with Crippen LogP contribution in [0.15, 0.2) is 30.6 Å². The van der Waals surface area contributed by atoms with Gasteiger partial charge in [-0.25, -0.2) is 9.97 Å². The van der Waals surface area contributed by atoms with Gasteiger partial charge in [-0.05, 0) is 25.0 Å². The summed E-state index contributed by atoms with van der Waals surface area (Å²) in [6.45, 7) is 0. The Morgan fingerprint density at radius 1 is 1.38 bits per heavy atom. The number of aliphatic hydroxyl groups is 1. The first-order valence-corrected chi connectivity index (χ1v) is 9.34. The number of hydrogen-bond acceptors (Lipinski definition) is 8. The molecule has 1 saturated carbocycles. The van der Waals surface area contributed by atoms with Crippen LogP contribution in [0.3, 0.4) is 0 Å². The molecule has 29 heavy (non-hydrogen) atoms. The molecule has 0 saturated heterocycles. The van der Waals surface area contributed by atoms with E-state index in [1.54, 1.807) is 25.4 Å². The standard InChI is InChI=1S/C14H15N7O2.C5H10O/c1-16-11-6-10(19-9-4-3-5-17-14(9)23-2)20-13-8(12(15)22)7-18-21(11)13;6-5-3-1-2-4-5/h3-7,16H,1-2H3,(H2,15,22)(H,19,20);5-6H,1-4H2. The van der Waals surface area contributed by atoms with E-state index in [4.69, 9.17) is 15.6 Å². The number of pyridine rings is 1. The zero-order chi connectivity index (χ0) is 20.8. The molecule has 0 spiro atoms. The van der Waals surface area contributed by atoms with E-state index in [0.29, 0.717) is 28.9 Å². The summed E-state index contributed by atoms with van der Waals surface area (Å²) >= 11 is 0. The number of nitrogens with two attached hydrogens (primary N) is 1. The van der Waals surface area contributed by atoms with Gasteiger partial charge in [-0.2, -0.15) is 9.61 Å². The number of amides is 1. The largest absolute Gasteiger partial charge is 0.480 e. The Kier molecular flexibility index (Phi) is 6.45. The number of primary amides is 1. The summed E-state index contributed by atoms with van der Waals surface area (Å²) in [5.41, 5.74) is 6.60. The van der Waals surface area contributed by atoms with E-state index in [1.807, 2.05) is 6.07 Å². The lowest BCUT2D eigenvalue weighted by molar-refractivity contribution is 0.100. The third-order valence-electron chi connectivity index (χ3n) is 4.55. The number of anilines is 3. The topological polar surface area (TPSA) is 140 Å². The normalized spacial score (nSPS) is 13.6. The van der Waals surface area contributed by atoms with Crippen LogP contribution in [-0.2, 0) is 0 Å². The Balaban J connectivity index is 0.000000343. The monoisotopic (exact) mass is 399 g/mol. The van der Waals surface area contributed by atoms with Crippen LogP contribution in [0.4, 0.5) is 17.3 Å². The van der Waals surface area contributed by atoms with Crippen LogP contribution in [0.2, 0.25) is 0 Å². The summed E-state index contributed by atoms with van der Waals surface area (Å²) < 4.78 is 6.71. The summed E-state index contributed by atoms with van der Waals surface area (Å²) in [5.74, 6) is 0.985. The molecule has 3 heterocycles. The van der Waals surface area contributed by atoms with Crippen molar-refractivity contribution in [2.24, 2.45) is 5.73 Å². The van der Waals surface area contributed by atoms with Crippen LogP contribution < -0.4 is 21.1 Å². The van der Waals surface area contributed by atoms with E-state index >= 15 is 0 Å². The minimum atomic E-state index is -0.592. The Morgan fingerprint density at radius 2 is 2.14 bits per heavy atom. The van der Waals surface area contributed by atoms with Gasteiger partial charge in [-0.3, -0.25) is 4.79 Å². The SMILES string of the molecule is CNc1cc(Nc2cccnc2OC)nc2c(C(N)=O)cnn12.OC1CCCC1. The average molecular weight is 399 g/mol. The molecule has 0 unspecified atom stereocenters. The summed E-state index contributed by atoms with van der Waals surface area (Å²) in [6, 6.07) is 5.33. The number of fused-ring (bicyclic) bond motifs is 1. The molecule has 10 heteroatoms.